The molecule has 0 aromatic heterocycles. The molecule has 0 saturated heterocycles. The third-order valence-electron chi connectivity index (χ3n) is 2.42. The molecule has 0 aromatic carbocycles. The van der Waals surface area contributed by atoms with Crippen molar-refractivity contribution in [1.29, 1.82) is 0 Å². The molecule has 1 aliphatic rings. The van der Waals surface area contributed by atoms with Crippen LogP contribution < -0.4 is 0 Å². The minimum absolute atomic E-state index is 0.173. The molecule has 0 amide bonds. The lowest BCUT2D eigenvalue weighted by molar-refractivity contribution is 0.00121. The Morgan fingerprint density at radius 1 is 1.15 bits per heavy atom. The lowest BCUT2D eigenvalue weighted by atomic mass is 9.89. The first kappa shape index (κ1) is 10.8. The Bertz CT molecular complexity index is 267. The van der Waals surface area contributed by atoms with Gasteiger partial charge in [0.15, 0.2) is 0 Å². The maximum atomic E-state index is 13.0. The van der Waals surface area contributed by atoms with Gasteiger partial charge in [0.25, 0.3) is 0 Å². The van der Waals surface area contributed by atoms with Gasteiger partial charge in [-0.2, -0.15) is 17.2 Å². The Morgan fingerprint density at radius 2 is 1.62 bits per heavy atom. The van der Waals surface area contributed by atoms with Gasteiger partial charge >= 0.3 is 15.4 Å². The first-order valence-electron chi connectivity index (χ1n) is 4.20. The fraction of sp³-hybridized carbons (Fsp3) is 1.00. The second kappa shape index (κ2) is 3.49. The predicted molar refractivity (Wildman–Crippen MR) is 43.1 cm³/mol. The number of hydrogen-bond donors (Lipinski definition) is 1. The summed E-state index contributed by atoms with van der Waals surface area (Å²) in [6.07, 6.45) is 2.42. The average molecular weight is 214 g/mol. The van der Waals surface area contributed by atoms with Gasteiger partial charge in [0.1, 0.15) is 0 Å². The molecule has 0 heterocycles. The van der Waals surface area contributed by atoms with Crippen molar-refractivity contribution in [1.82, 2.24) is 0 Å². The Balaban J connectivity index is 2.79. The van der Waals surface area contributed by atoms with Crippen molar-refractivity contribution in [3.63, 3.8) is 0 Å². The van der Waals surface area contributed by atoms with E-state index in [1.165, 1.54) is 0 Å². The van der Waals surface area contributed by atoms with E-state index >= 15 is 0 Å². The van der Waals surface area contributed by atoms with Crippen LogP contribution in [0.2, 0.25) is 0 Å². The third kappa shape index (κ3) is 2.17. The molecule has 1 aliphatic carbocycles. The minimum atomic E-state index is -5.24. The van der Waals surface area contributed by atoms with Gasteiger partial charge in [-0.1, -0.05) is 19.3 Å². The number of hydrogen-bond acceptors (Lipinski definition) is 2. The van der Waals surface area contributed by atoms with E-state index in [1.807, 2.05) is 0 Å². The number of alkyl halides is 2. The van der Waals surface area contributed by atoms with Gasteiger partial charge in [0.05, 0.1) is 0 Å². The van der Waals surface area contributed by atoms with Crippen molar-refractivity contribution < 1.29 is 21.8 Å². The fourth-order valence-corrected chi connectivity index (χ4v) is 2.31. The van der Waals surface area contributed by atoms with Crippen LogP contribution in [0.5, 0.6) is 0 Å². The molecule has 0 spiro atoms. The van der Waals surface area contributed by atoms with Crippen LogP contribution in [0.3, 0.4) is 0 Å². The minimum Gasteiger partial charge on any atom is -0.281 e. The van der Waals surface area contributed by atoms with Crippen molar-refractivity contribution in [2.24, 2.45) is 5.92 Å². The van der Waals surface area contributed by atoms with Crippen LogP contribution in [0, 0.1) is 5.92 Å². The first-order valence-corrected chi connectivity index (χ1v) is 5.64. The van der Waals surface area contributed by atoms with Crippen LogP contribution in [-0.2, 0) is 10.1 Å². The third-order valence-corrected chi connectivity index (χ3v) is 3.45. The van der Waals surface area contributed by atoms with Crippen molar-refractivity contribution in [2.75, 3.05) is 0 Å². The molecule has 6 heteroatoms. The Labute approximate surface area is 75.9 Å². The van der Waals surface area contributed by atoms with Crippen LogP contribution >= 0.6 is 0 Å². The van der Waals surface area contributed by atoms with E-state index in [0.717, 1.165) is 6.42 Å². The molecule has 0 bridgehead atoms. The molecule has 1 saturated carbocycles. The molecule has 13 heavy (non-hydrogen) atoms. The highest BCUT2D eigenvalue weighted by Gasteiger charge is 2.51. The zero-order valence-corrected chi connectivity index (χ0v) is 7.86. The molecule has 0 unspecified atom stereocenters. The summed E-state index contributed by atoms with van der Waals surface area (Å²) in [6, 6.07) is 0. The van der Waals surface area contributed by atoms with E-state index in [2.05, 4.69) is 0 Å². The zero-order chi connectivity index (χ0) is 10.1. The number of halogens is 2. The van der Waals surface area contributed by atoms with E-state index in [0.29, 0.717) is 12.8 Å². The molecule has 0 aromatic rings. The summed E-state index contributed by atoms with van der Waals surface area (Å²) in [4.78, 5) is 0. The van der Waals surface area contributed by atoms with Gasteiger partial charge in [-0.05, 0) is 12.8 Å². The lowest BCUT2D eigenvalue weighted by Crippen LogP contribution is -2.37. The van der Waals surface area contributed by atoms with Crippen molar-refractivity contribution in [2.45, 2.75) is 37.4 Å². The summed E-state index contributed by atoms with van der Waals surface area (Å²) in [5, 5.41) is -3.96. The summed E-state index contributed by atoms with van der Waals surface area (Å²) < 4.78 is 55.0. The first-order chi connectivity index (χ1) is 5.86. The highest BCUT2D eigenvalue weighted by atomic mass is 32.2. The van der Waals surface area contributed by atoms with Crippen LogP contribution in [0.15, 0.2) is 0 Å². The summed E-state index contributed by atoms with van der Waals surface area (Å²) >= 11 is 0. The standard InChI is InChI=1S/C7H12F2O3S/c8-7(9,13(10,11)12)6-4-2-1-3-5-6/h6H,1-5H2,(H,10,11,12). The summed E-state index contributed by atoms with van der Waals surface area (Å²) in [5.74, 6) is -1.21. The Hall–Kier alpha value is -0.230. The molecule has 0 aliphatic heterocycles. The second-order valence-electron chi connectivity index (χ2n) is 3.37. The predicted octanol–water partition coefficient (Wildman–Crippen LogP) is 2.05. The molecular formula is C7H12F2O3S. The van der Waals surface area contributed by atoms with E-state index in [9.17, 15) is 17.2 Å². The molecule has 1 rings (SSSR count). The lowest BCUT2D eigenvalue weighted by Gasteiger charge is -2.27. The highest BCUT2D eigenvalue weighted by Crippen LogP contribution is 2.39. The van der Waals surface area contributed by atoms with Gasteiger partial charge < -0.3 is 0 Å². The molecule has 1 N–H and O–H groups in total. The average Bonchev–Trinajstić information content (AvgIpc) is 2.04. The van der Waals surface area contributed by atoms with E-state index in [4.69, 9.17) is 4.55 Å². The van der Waals surface area contributed by atoms with Crippen molar-refractivity contribution in [3.05, 3.63) is 0 Å². The molecule has 1 fully saturated rings. The Kier molecular flexibility index (Phi) is 2.91. The van der Waals surface area contributed by atoms with E-state index in [1.54, 1.807) is 0 Å². The highest BCUT2D eigenvalue weighted by molar-refractivity contribution is 7.86. The van der Waals surface area contributed by atoms with Crippen LogP contribution in [0.4, 0.5) is 8.78 Å². The topological polar surface area (TPSA) is 54.4 Å². The molecular weight excluding hydrogens is 202 g/mol. The van der Waals surface area contributed by atoms with Crippen LogP contribution in [0.1, 0.15) is 32.1 Å². The van der Waals surface area contributed by atoms with Crippen molar-refractivity contribution in [3.8, 4) is 0 Å². The smallest absolute Gasteiger partial charge is 0.281 e. The summed E-state index contributed by atoms with van der Waals surface area (Å²) in [6.45, 7) is 0. The molecule has 0 atom stereocenters. The number of rotatable bonds is 2. The maximum absolute atomic E-state index is 13.0. The van der Waals surface area contributed by atoms with Gasteiger partial charge in [0.2, 0.25) is 0 Å². The van der Waals surface area contributed by atoms with Gasteiger partial charge in [-0.15, -0.1) is 0 Å². The van der Waals surface area contributed by atoms with E-state index in [-0.39, 0.29) is 12.8 Å². The van der Waals surface area contributed by atoms with Crippen LogP contribution in [0.25, 0.3) is 0 Å². The largest absolute Gasteiger partial charge is 0.372 e. The second-order valence-corrected chi connectivity index (χ2v) is 4.87. The maximum Gasteiger partial charge on any atom is 0.372 e. The SMILES string of the molecule is O=S(=O)(O)C(F)(F)C1CCCCC1. The molecule has 3 nitrogen and oxygen atoms in total. The van der Waals surface area contributed by atoms with Gasteiger partial charge in [-0.3, -0.25) is 4.55 Å². The zero-order valence-electron chi connectivity index (χ0n) is 7.04. The van der Waals surface area contributed by atoms with Gasteiger partial charge in [0, 0.05) is 5.92 Å². The quantitative estimate of drug-likeness (QED) is 0.716. The van der Waals surface area contributed by atoms with Crippen molar-refractivity contribution >= 4 is 10.1 Å². The fourth-order valence-electron chi connectivity index (χ4n) is 1.65. The molecule has 78 valence electrons. The normalized spacial score (nSPS) is 21.8. The molecule has 0 radical (unpaired) electrons. The van der Waals surface area contributed by atoms with Gasteiger partial charge in [-0.25, -0.2) is 0 Å². The Morgan fingerprint density at radius 3 is 2.00 bits per heavy atom. The monoisotopic (exact) mass is 214 g/mol. The van der Waals surface area contributed by atoms with Crippen LogP contribution in [-0.4, -0.2) is 18.2 Å². The summed E-state index contributed by atoms with van der Waals surface area (Å²) in [5.41, 5.74) is 0. The summed E-state index contributed by atoms with van der Waals surface area (Å²) in [7, 11) is -5.24. The van der Waals surface area contributed by atoms with E-state index < -0.39 is 21.3 Å².